The smallest absolute Gasteiger partial charge is 0.306 e. The predicted octanol–water partition coefficient (Wildman–Crippen LogP) is 3.66. The van der Waals surface area contributed by atoms with E-state index in [0.29, 0.717) is 31.8 Å². The van der Waals surface area contributed by atoms with E-state index in [4.69, 9.17) is 9.47 Å². The van der Waals surface area contributed by atoms with Crippen LogP contribution in [0, 0.1) is 5.92 Å². The molecule has 0 radical (unpaired) electrons. The fraction of sp³-hybridized carbons (Fsp3) is 0.423. The van der Waals surface area contributed by atoms with Gasteiger partial charge in [0.1, 0.15) is 0 Å². The van der Waals surface area contributed by atoms with Crippen molar-refractivity contribution in [3.63, 3.8) is 0 Å². The van der Waals surface area contributed by atoms with Crippen LogP contribution in [-0.4, -0.2) is 56.0 Å². The molecule has 1 N–H and O–H groups in total. The van der Waals surface area contributed by atoms with Gasteiger partial charge < -0.3 is 14.8 Å². The molecule has 2 aromatic rings. The zero-order chi connectivity index (χ0) is 23.0. The van der Waals surface area contributed by atoms with Crippen molar-refractivity contribution in [3.8, 4) is 0 Å². The second-order valence-electron chi connectivity index (χ2n) is 8.49. The van der Waals surface area contributed by atoms with Crippen molar-refractivity contribution in [2.45, 2.75) is 32.6 Å². The lowest BCUT2D eigenvalue weighted by Gasteiger charge is -2.24. The van der Waals surface area contributed by atoms with Crippen molar-refractivity contribution in [1.82, 2.24) is 5.01 Å². The first-order valence-electron chi connectivity index (χ1n) is 11.7. The highest BCUT2D eigenvalue weighted by Gasteiger charge is 2.22. The topological polar surface area (TPSA) is 80.2 Å². The minimum Gasteiger partial charge on any atom is -0.466 e. The number of benzene rings is 2. The Balaban J connectivity index is 1.35. The van der Waals surface area contributed by atoms with Gasteiger partial charge in [-0.25, -0.2) is 0 Å². The van der Waals surface area contributed by atoms with Gasteiger partial charge in [0, 0.05) is 17.7 Å². The van der Waals surface area contributed by atoms with Crippen LogP contribution < -0.4 is 5.32 Å². The molecule has 0 aromatic heterocycles. The summed E-state index contributed by atoms with van der Waals surface area (Å²) in [5.41, 5.74) is 4.80. The largest absolute Gasteiger partial charge is 0.466 e. The lowest BCUT2D eigenvalue weighted by Crippen LogP contribution is -2.32. The summed E-state index contributed by atoms with van der Waals surface area (Å²) in [6, 6.07) is 13.5. The molecule has 2 aromatic carbocycles. The number of amides is 1. The predicted molar refractivity (Wildman–Crippen MR) is 128 cm³/mol. The second-order valence-corrected chi connectivity index (χ2v) is 8.49. The summed E-state index contributed by atoms with van der Waals surface area (Å²) < 4.78 is 10.4. The second kappa shape index (κ2) is 11.1. The van der Waals surface area contributed by atoms with Gasteiger partial charge in [-0.05, 0) is 73.1 Å². The maximum absolute atomic E-state index is 12.8. The lowest BCUT2D eigenvalue weighted by molar-refractivity contribution is -0.144. The zero-order valence-corrected chi connectivity index (χ0v) is 19.1. The molecule has 1 saturated heterocycles. The number of esters is 1. The van der Waals surface area contributed by atoms with Gasteiger partial charge in [0.15, 0.2) is 0 Å². The molecule has 4 rings (SSSR count). The van der Waals surface area contributed by atoms with Gasteiger partial charge >= 0.3 is 5.97 Å². The van der Waals surface area contributed by atoms with Crippen LogP contribution in [0.5, 0.6) is 0 Å². The Morgan fingerprint density at radius 1 is 1.15 bits per heavy atom. The number of carbonyl (C=O) groups is 2. The minimum absolute atomic E-state index is 0.131. The number of hydrogen-bond donors (Lipinski definition) is 1. The number of hydrogen-bond acceptors (Lipinski definition) is 6. The van der Waals surface area contributed by atoms with E-state index in [9.17, 15) is 9.59 Å². The van der Waals surface area contributed by atoms with Crippen LogP contribution in [0.2, 0.25) is 0 Å². The first-order chi connectivity index (χ1) is 16.1. The average molecular weight is 450 g/mol. The number of hydrazone groups is 1. The van der Waals surface area contributed by atoms with Crippen LogP contribution in [0.15, 0.2) is 47.6 Å². The van der Waals surface area contributed by atoms with Crippen LogP contribution >= 0.6 is 0 Å². The van der Waals surface area contributed by atoms with Crippen LogP contribution in [0.3, 0.4) is 0 Å². The quantitative estimate of drug-likeness (QED) is 0.515. The lowest BCUT2D eigenvalue weighted by atomic mass is 9.82. The fourth-order valence-corrected chi connectivity index (χ4v) is 4.28. The molecule has 0 saturated carbocycles. The highest BCUT2D eigenvalue weighted by molar-refractivity contribution is 6.04. The van der Waals surface area contributed by atoms with Crippen LogP contribution in [0.1, 0.15) is 46.8 Å². The van der Waals surface area contributed by atoms with E-state index in [-0.39, 0.29) is 17.8 Å². The number of carbonyl (C=O) groups excluding carboxylic acids is 2. The summed E-state index contributed by atoms with van der Waals surface area (Å²) in [5.74, 6) is 0.00789. The molecule has 1 aliphatic heterocycles. The maximum Gasteiger partial charge on any atom is 0.306 e. The van der Waals surface area contributed by atoms with Gasteiger partial charge in [0.2, 0.25) is 0 Å². The molecule has 0 spiro atoms. The third-order valence-corrected chi connectivity index (χ3v) is 6.09. The molecule has 33 heavy (non-hydrogen) atoms. The summed E-state index contributed by atoms with van der Waals surface area (Å²) in [7, 11) is 0. The number of ether oxygens (including phenoxy) is 2. The van der Waals surface area contributed by atoms with Crippen molar-refractivity contribution in [3.05, 3.63) is 64.7 Å². The molecule has 174 valence electrons. The number of nitrogens with zero attached hydrogens (tertiary/aromatic N) is 2. The Morgan fingerprint density at radius 2 is 1.94 bits per heavy atom. The summed E-state index contributed by atoms with van der Waals surface area (Å²) >= 11 is 0. The summed E-state index contributed by atoms with van der Waals surface area (Å²) in [4.78, 5) is 24.6. The molecule has 1 unspecified atom stereocenters. The highest BCUT2D eigenvalue weighted by Crippen LogP contribution is 2.30. The van der Waals surface area contributed by atoms with Gasteiger partial charge in [-0.3, -0.25) is 14.6 Å². The van der Waals surface area contributed by atoms with E-state index in [0.717, 1.165) is 43.6 Å². The molecule has 7 nitrogen and oxygen atoms in total. The molecule has 2 aliphatic rings. The Kier molecular flexibility index (Phi) is 7.73. The van der Waals surface area contributed by atoms with E-state index in [1.54, 1.807) is 0 Å². The Bertz CT molecular complexity index is 997. The van der Waals surface area contributed by atoms with Crippen LogP contribution in [0.25, 0.3) is 0 Å². The number of nitrogens with one attached hydrogen (secondary N) is 1. The van der Waals surface area contributed by atoms with Gasteiger partial charge in [0.05, 0.1) is 39.1 Å². The van der Waals surface area contributed by atoms with Crippen molar-refractivity contribution in [2.24, 2.45) is 11.0 Å². The Labute approximate surface area is 194 Å². The number of fused-ring (bicyclic) bond motifs is 1. The standard InChI is InChI=1S/C26H31N3O4/c1-2-33-25(30)16-20-5-6-21-9-10-24(17-23(21)15-20)28-26(31)22-7-3-19(4-8-22)18-27-29-11-13-32-14-12-29/h3-4,7-10,17-18,20H,2,5-6,11-16H2,1H3,(H,28,31)/b27-18+. The van der Waals surface area contributed by atoms with Gasteiger partial charge in [-0.2, -0.15) is 5.10 Å². The first-order valence-corrected chi connectivity index (χ1v) is 11.7. The zero-order valence-electron chi connectivity index (χ0n) is 19.1. The van der Waals surface area contributed by atoms with E-state index in [2.05, 4.69) is 16.5 Å². The van der Waals surface area contributed by atoms with Crippen LogP contribution in [-0.2, 0) is 27.1 Å². The van der Waals surface area contributed by atoms with Crippen molar-refractivity contribution < 1.29 is 19.1 Å². The molecule has 1 aliphatic carbocycles. The third-order valence-electron chi connectivity index (χ3n) is 6.09. The third kappa shape index (κ3) is 6.42. The molecular weight excluding hydrogens is 418 g/mol. The van der Waals surface area contributed by atoms with Gasteiger partial charge in [0.25, 0.3) is 5.91 Å². The number of rotatable bonds is 7. The van der Waals surface area contributed by atoms with Crippen molar-refractivity contribution in [1.29, 1.82) is 0 Å². The molecule has 1 heterocycles. The summed E-state index contributed by atoms with van der Waals surface area (Å²) in [6.45, 7) is 5.23. The Morgan fingerprint density at radius 3 is 2.70 bits per heavy atom. The van der Waals surface area contributed by atoms with E-state index in [1.807, 2.05) is 54.5 Å². The Hall–Kier alpha value is -3.19. The molecular formula is C26H31N3O4. The molecule has 0 bridgehead atoms. The summed E-state index contributed by atoms with van der Waals surface area (Å²) in [6.07, 6.45) is 5.02. The molecule has 1 fully saturated rings. The van der Waals surface area contributed by atoms with Gasteiger partial charge in [-0.15, -0.1) is 0 Å². The van der Waals surface area contributed by atoms with Gasteiger partial charge in [-0.1, -0.05) is 18.2 Å². The molecule has 1 amide bonds. The summed E-state index contributed by atoms with van der Waals surface area (Å²) in [5, 5.41) is 9.45. The number of morpholine rings is 1. The normalized spacial score (nSPS) is 18.1. The highest BCUT2D eigenvalue weighted by atomic mass is 16.5. The number of anilines is 1. The first kappa shape index (κ1) is 23.0. The van der Waals surface area contributed by atoms with E-state index < -0.39 is 0 Å². The van der Waals surface area contributed by atoms with Crippen molar-refractivity contribution >= 4 is 23.8 Å². The minimum atomic E-state index is -0.148. The molecule has 7 heteroatoms. The average Bonchev–Trinajstić information content (AvgIpc) is 2.83. The fourth-order valence-electron chi connectivity index (χ4n) is 4.28. The maximum atomic E-state index is 12.8. The monoisotopic (exact) mass is 449 g/mol. The van der Waals surface area contributed by atoms with Crippen LogP contribution in [0.4, 0.5) is 5.69 Å². The van der Waals surface area contributed by atoms with Crippen molar-refractivity contribution in [2.75, 3.05) is 38.2 Å². The van der Waals surface area contributed by atoms with E-state index >= 15 is 0 Å². The molecule has 1 atom stereocenters. The number of aryl methyl sites for hydroxylation is 1. The van der Waals surface area contributed by atoms with E-state index in [1.165, 1.54) is 11.1 Å². The SMILES string of the molecule is CCOC(=O)CC1CCc2ccc(NC(=O)c3ccc(/C=N/N4CCOCC4)cc3)cc2C1.